The number of esters is 1. The van der Waals surface area contributed by atoms with Crippen molar-refractivity contribution in [2.75, 3.05) is 55.6 Å². The number of carbonyl (C=O) groups excluding carboxylic acids is 1. The van der Waals surface area contributed by atoms with E-state index in [9.17, 15) is 4.79 Å². The Morgan fingerprint density at radius 2 is 1.94 bits per heavy atom. The van der Waals surface area contributed by atoms with Gasteiger partial charge in [0.2, 0.25) is 0 Å². The first-order valence-corrected chi connectivity index (χ1v) is 11.4. The molecule has 1 aliphatic rings. The summed E-state index contributed by atoms with van der Waals surface area (Å²) in [6, 6.07) is 15.2. The van der Waals surface area contributed by atoms with Crippen LogP contribution < -0.4 is 16.0 Å². The summed E-state index contributed by atoms with van der Waals surface area (Å²) in [6.45, 7) is 3.16. The number of hydrogen-bond donors (Lipinski definition) is 2. The van der Waals surface area contributed by atoms with Crippen LogP contribution in [0.5, 0.6) is 0 Å². The van der Waals surface area contributed by atoms with Crippen LogP contribution in [0.15, 0.2) is 53.6 Å². The lowest BCUT2D eigenvalue weighted by atomic mass is 10.1. The Hall–Kier alpha value is -3.30. The number of ether oxygens (including phenoxy) is 2. The first-order chi connectivity index (χ1) is 15.6. The summed E-state index contributed by atoms with van der Waals surface area (Å²) in [5.41, 5.74) is 9.96. The van der Waals surface area contributed by atoms with Crippen LogP contribution in [0.4, 0.5) is 22.9 Å². The highest BCUT2D eigenvalue weighted by atomic mass is 32.2. The Bertz CT molecular complexity index is 1120. The standard InChI is InChI=1S/C23H25N5O3S/c1-30-23(29)16-6-3-5-15(13-16)20-26-21(19(24)22(27-20)32-2)25-17-7-4-8-18(14-17)28-9-11-31-12-10-28/h3-8,13-14H,9-12,24H2,1-2H3,(H,25,26,27). The Kier molecular flexibility index (Phi) is 6.77. The van der Waals surface area contributed by atoms with Crippen molar-refractivity contribution in [2.24, 2.45) is 0 Å². The molecule has 1 saturated heterocycles. The van der Waals surface area contributed by atoms with Crippen LogP contribution >= 0.6 is 11.8 Å². The normalized spacial score (nSPS) is 13.6. The van der Waals surface area contributed by atoms with Gasteiger partial charge in [-0.15, -0.1) is 11.8 Å². The molecule has 0 unspecified atom stereocenters. The van der Waals surface area contributed by atoms with E-state index in [0.29, 0.717) is 33.5 Å². The van der Waals surface area contributed by atoms with Crippen molar-refractivity contribution < 1.29 is 14.3 Å². The number of nitrogen functional groups attached to an aromatic ring is 1. The van der Waals surface area contributed by atoms with Crippen molar-refractivity contribution in [3.63, 3.8) is 0 Å². The number of anilines is 4. The van der Waals surface area contributed by atoms with E-state index in [-0.39, 0.29) is 0 Å². The molecule has 1 fully saturated rings. The van der Waals surface area contributed by atoms with Crippen molar-refractivity contribution in [1.82, 2.24) is 9.97 Å². The second-order valence-electron chi connectivity index (χ2n) is 7.17. The van der Waals surface area contributed by atoms with E-state index in [0.717, 1.165) is 37.7 Å². The number of benzene rings is 2. The molecule has 0 saturated carbocycles. The lowest BCUT2D eigenvalue weighted by Gasteiger charge is -2.29. The molecular formula is C23H25N5O3S. The maximum absolute atomic E-state index is 11.9. The van der Waals surface area contributed by atoms with Crippen LogP contribution in [0, 0.1) is 0 Å². The third-order valence-electron chi connectivity index (χ3n) is 5.13. The number of nitrogens with zero attached hydrogens (tertiary/aromatic N) is 3. The van der Waals surface area contributed by atoms with E-state index in [1.54, 1.807) is 18.2 Å². The molecule has 0 radical (unpaired) electrons. The smallest absolute Gasteiger partial charge is 0.337 e. The number of aromatic nitrogens is 2. The first-order valence-electron chi connectivity index (χ1n) is 10.2. The number of thioether (sulfide) groups is 1. The summed E-state index contributed by atoms with van der Waals surface area (Å²) < 4.78 is 10.3. The molecule has 0 spiro atoms. The largest absolute Gasteiger partial charge is 0.465 e. The van der Waals surface area contributed by atoms with E-state index in [1.807, 2.05) is 24.5 Å². The van der Waals surface area contributed by atoms with Gasteiger partial charge < -0.3 is 25.4 Å². The van der Waals surface area contributed by atoms with Gasteiger partial charge in [-0.25, -0.2) is 14.8 Å². The third-order valence-corrected chi connectivity index (χ3v) is 5.83. The summed E-state index contributed by atoms with van der Waals surface area (Å²) in [6.07, 6.45) is 1.91. The average Bonchev–Trinajstić information content (AvgIpc) is 2.85. The second-order valence-corrected chi connectivity index (χ2v) is 7.96. The summed E-state index contributed by atoms with van der Waals surface area (Å²) in [5.74, 6) is 0.578. The molecule has 0 amide bonds. The van der Waals surface area contributed by atoms with Gasteiger partial charge in [0.05, 0.1) is 25.9 Å². The van der Waals surface area contributed by atoms with Crippen LogP contribution in [-0.4, -0.2) is 55.6 Å². The number of nitrogens with one attached hydrogen (secondary N) is 1. The Morgan fingerprint density at radius 1 is 1.16 bits per heavy atom. The van der Waals surface area contributed by atoms with Gasteiger partial charge >= 0.3 is 5.97 Å². The Labute approximate surface area is 191 Å². The lowest BCUT2D eigenvalue weighted by Crippen LogP contribution is -2.36. The molecule has 166 valence electrons. The minimum Gasteiger partial charge on any atom is -0.465 e. The minimum atomic E-state index is -0.411. The number of nitrogens with two attached hydrogens (primary N) is 1. The number of hydrogen-bond acceptors (Lipinski definition) is 9. The predicted octanol–water partition coefficient (Wildman–Crippen LogP) is 3.81. The van der Waals surface area contributed by atoms with Gasteiger partial charge in [-0.1, -0.05) is 18.2 Å². The topological polar surface area (TPSA) is 103 Å². The zero-order valence-electron chi connectivity index (χ0n) is 18.0. The Morgan fingerprint density at radius 3 is 2.69 bits per heavy atom. The first kappa shape index (κ1) is 21.9. The fourth-order valence-corrected chi connectivity index (χ4v) is 3.96. The molecule has 32 heavy (non-hydrogen) atoms. The number of rotatable bonds is 6. The van der Waals surface area contributed by atoms with Crippen LogP contribution in [0.25, 0.3) is 11.4 Å². The molecule has 1 aliphatic heterocycles. The fraction of sp³-hybridized carbons (Fsp3) is 0.261. The van der Waals surface area contributed by atoms with Crippen molar-refractivity contribution in [1.29, 1.82) is 0 Å². The maximum atomic E-state index is 11.9. The summed E-state index contributed by atoms with van der Waals surface area (Å²) in [4.78, 5) is 23.5. The maximum Gasteiger partial charge on any atom is 0.337 e. The molecule has 0 aliphatic carbocycles. The lowest BCUT2D eigenvalue weighted by molar-refractivity contribution is 0.0601. The highest BCUT2D eigenvalue weighted by Gasteiger charge is 2.16. The van der Waals surface area contributed by atoms with Crippen LogP contribution in [0.2, 0.25) is 0 Å². The molecule has 0 atom stereocenters. The van der Waals surface area contributed by atoms with E-state index in [2.05, 4.69) is 32.3 Å². The van der Waals surface area contributed by atoms with Crippen molar-refractivity contribution in [3.8, 4) is 11.4 Å². The predicted molar refractivity (Wildman–Crippen MR) is 128 cm³/mol. The van der Waals surface area contributed by atoms with Crippen LogP contribution in [0.1, 0.15) is 10.4 Å². The summed E-state index contributed by atoms with van der Waals surface area (Å²) in [7, 11) is 1.35. The van der Waals surface area contributed by atoms with E-state index in [1.165, 1.54) is 18.9 Å². The van der Waals surface area contributed by atoms with Crippen LogP contribution in [0.3, 0.4) is 0 Å². The second kappa shape index (κ2) is 9.88. The third kappa shape index (κ3) is 4.79. The zero-order valence-corrected chi connectivity index (χ0v) is 18.8. The highest BCUT2D eigenvalue weighted by molar-refractivity contribution is 7.98. The molecule has 2 heterocycles. The van der Waals surface area contributed by atoms with Crippen molar-refractivity contribution in [3.05, 3.63) is 54.1 Å². The molecule has 3 aromatic rings. The fourth-order valence-electron chi connectivity index (χ4n) is 3.47. The minimum absolute atomic E-state index is 0.411. The van der Waals surface area contributed by atoms with Gasteiger partial charge in [-0.3, -0.25) is 0 Å². The molecule has 0 bridgehead atoms. The van der Waals surface area contributed by atoms with Gasteiger partial charge in [-0.2, -0.15) is 0 Å². The quantitative estimate of drug-likeness (QED) is 0.329. The Balaban J connectivity index is 1.67. The van der Waals surface area contributed by atoms with Gasteiger partial charge in [0.25, 0.3) is 0 Å². The van der Waals surface area contributed by atoms with Gasteiger partial charge in [-0.05, 0) is 36.6 Å². The molecule has 1 aromatic heterocycles. The van der Waals surface area contributed by atoms with Gasteiger partial charge in [0, 0.05) is 30.0 Å². The molecule has 9 heteroatoms. The SMILES string of the molecule is COC(=O)c1cccc(-c2nc(Nc3cccc(N4CCOCC4)c3)c(N)c(SC)n2)c1. The molecule has 8 nitrogen and oxygen atoms in total. The van der Waals surface area contributed by atoms with Crippen LogP contribution in [-0.2, 0) is 9.47 Å². The van der Waals surface area contributed by atoms with E-state index < -0.39 is 5.97 Å². The van der Waals surface area contributed by atoms with Gasteiger partial charge in [0.15, 0.2) is 11.6 Å². The summed E-state index contributed by atoms with van der Waals surface area (Å²) >= 11 is 1.44. The highest BCUT2D eigenvalue weighted by Crippen LogP contribution is 2.32. The zero-order chi connectivity index (χ0) is 22.5. The average molecular weight is 452 g/mol. The van der Waals surface area contributed by atoms with E-state index >= 15 is 0 Å². The number of methoxy groups -OCH3 is 1. The number of carbonyl (C=O) groups is 1. The van der Waals surface area contributed by atoms with Gasteiger partial charge in [0.1, 0.15) is 10.7 Å². The summed E-state index contributed by atoms with van der Waals surface area (Å²) in [5, 5.41) is 4.00. The molecular weight excluding hydrogens is 426 g/mol. The molecule has 3 N–H and O–H groups in total. The molecule has 2 aromatic carbocycles. The van der Waals surface area contributed by atoms with E-state index in [4.69, 9.17) is 15.2 Å². The van der Waals surface area contributed by atoms with Crippen molar-refractivity contribution in [2.45, 2.75) is 5.03 Å². The van der Waals surface area contributed by atoms with Crippen molar-refractivity contribution >= 4 is 40.6 Å². The molecule has 4 rings (SSSR count). The monoisotopic (exact) mass is 451 g/mol. The number of morpholine rings is 1.